The molecular formula is C12H15N3O3S. The number of aromatic nitrogens is 2. The molecule has 0 saturated heterocycles. The van der Waals surface area contributed by atoms with Gasteiger partial charge in [0.05, 0.1) is 12.8 Å². The molecule has 2 aromatic rings. The predicted molar refractivity (Wildman–Crippen MR) is 70.3 cm³/mol. The highest BCUT2D eigenvalue weighted by atomic mass is 32.2. The lowest BCUT2D eigenvalue weighted by Crippen LogP contribution is -2.26. The summed E-state index contributed by atoms with van der Waals surface area (Å²) < 4.78 is 31.3. The van der Waals surface area contributed by atoms with Crippen LogP contribution in [0.2, 0.25) is 0 Å². The Morgan fingerprint density at radius 1 is 1.21 bits per heavy atom. The molecule has 0 amide bonds. The van der Waals surface area contributed by atoms with E-state index in [1.54, 1.807) is 0 Å². The summed E-state index contributed by atoms with van der Waals surface area (Å²) in [4.78, 5) is 0. The number of sulfonamides is 1. The lowest BCUT2D eigenvalue weighted by Gasteiger charge is -2.06. The number of hydrogen-bond donors (Lipinski definition) is 2. The molecule has 0 saturated carbocycles. The number of benzene rings is 1. The number of aromatic amines is 1. The lowest BCUT2D eigenvalue weighted by molar-refractivity contribution is 0.311. The Balaban J connectivity index is 1.70. The molecule has 0 atom stereocenters. The van der Waals surface area contributed by atoms with E-state index in [0.29, 0.717) is 19.6 Å². The van der Waals surface area contributed by atoms with Crippen molar-refractivity contribution in [3.63, 3.8) is 0 Å². The number of nitrogens with zero attached hydrogens (tertiary/aromatic N) is 1. The minimum Gasteiger partial charge on any atom is -0.494 e. The minimum atomic E-state index is -3.49. The second kappa shape index (κ2) is 6.35. The van der Waals surface area contributed by atoms with Gasteiger partial charge in [-0.3, -0.25) is 5.10 Å². The van der Waals surface area contributed by atoms with Crippen molar-refractivity contribution in [2.45, 2.75) is 11.4 Å². The van der Waals surface area contributed by atoms with Crippen molar-refractivity contribution < 1.29 is 13.2 Å². The van der Waals surface area contributed by atoms with Crippen LogP contribution < -0.4 is 9.46 Å². The molecule has 102 valence electrons. The van der Waals surface area contributed by atoms with Gasteiger partial charge in [-0.15, -0.1) is 0 Å². The van der Waals surface area contributed by atoms with E-state index in [0.717, 1.165) is 5.75 Å². The normalized spacial score (nSPS) is 11.4. The number of hydrogen-bond acceptors (Lipinski definition) is 4. The summed E-state index contributed by atoms with van der Waals surface area (Å²) in [5, 5.41) is 6.08. The summed E-state index contributed by atoms with van der Waals surface area (Å²) in [5.74, 6) is 0.777. The molecule has 0 aliphatic rings. The first-order valence-electron chi connectivity index (χ1n) is 5.85. The fourth-order valence-corrected chi connectivity index (χ4v) is 2.44. The van der Waals surface area contributed by atoms with Gasteiger partial charge in [0.2, 0.25) is 0 Å². The second-order valence-corrected chi connectivity index (χ2v) is 5.57. The van der Waals surface area contributed by atoms with Gasteiger partial charge >= 0.3 is 0 Å². The van der Waals surface area contributed by atoms with Crippen molar-refractivity contribution in [3.8, 4) is 5.75 Å². The Labute approximate surface area is 111 Å². The van der Waals surface area contributed by atoms with Crippen molar-refractivity contribution in [1.82, 2.24) is 14.9 Å². The average molecular weight is 281 g/mol. The number of rotatable bonds is 7. The maximum Gasteiger partial charge on any atom is 0.257 e. The molecule has 0 radical (unpaired) electrons. The highest BCUT2D eigenvalue weighted by Gasteiger charge is 2.13. The summed E-state index contributed by atoms with van der Waals surface area (Å²) in [6.07, 6.45) is 1.98. The van der Waals surface area contributed by atoms with E-state index in [1.165, 1.54) is 12.3 Å². The lowest BCUT2D eigenvalue weighted by atomic mass is 10.3. The number of ether oxygens (including phenoxy) is 1. The zero-order chi connectivity index (χ0) is 13.6. The molecule has 0 aliphatic carbocycles. The van der Waals surface area contributed by atoms with Crippen LogP contribution in [0.5, 0.6) is 5.75 Å². The SMILES string of the molecule is O=S(=O)(NCCCOc1ccccc1)c1ccn[nH]1. The third-order valence-corrected chi connectivity index (χ3v) is 3.78. The summed E-state index contributed by atoms with van der Waals surface area (Å²) in [7, 11) is -3.49. The Kier molecular flexibility index (Phi) is 4.53. The van der Waals surface area contributed by atoms with E-state index < -0.39 is 10.0 Å². The molecule has 0 unspecified atom stereocenters. The van der Waals surface area contributed by atoms with Gasteiger partial charge in [0.15, 0.2) is 5.03 Å². The molecule has 0 spiro atoms. The maximum absolute atomic E-state index is 11.7. The number of para-hydroxylation sites is 1. The topological polar surface area (TPSA) is 84.1 Å². The van der Waals surface area contributed by atoms with Crippen molar-refractivity contribution in [2.24, 2.45) is 0 Å². The molecular weight excluding hydrogens is 266 g/mol. The van der Waals surface area contributed by atoms with Crippen LogP contribution in [0.4, 0.5) is 0 Å². The van der Waals surface area contributed by atoms with E-state index in [-0.39, 0.29) is 5.03 Å². The molecule has 1 heterocycles. The van der Waals surface area contributed by atoms with Gasteiger partial charge in [0.1, 0.15) is 5.75 Å². The molecule has 7 heteroatoms. The largest absolute Gasteiger partial charge is 0.494 e. The van der Waals surface area contributed by atoms with Crippen LogP contribution in [0.15, 0.2) is 47.6 Å². The van der Waals surface area contributed by atoms with Gasteiger partial charge in [-0.25, -0.2) is 13.1 Å². The third kappa shape index (κ3) is 4.08. The molecule has 2 N–H and O–H groups in total. The van der Waals surface area contributed by atoms with Crippen LogP contribution in [0.1, 0.15) is 6.42 Å². The fourth-order valence-electron chi connectivity index (χ4n) is 1.46. The summed E-state index contributed by atoms with van der Waals surface area (Å²) in [5.41, 5.74) is 0. The Morgan fingerprint density at radius 2 is 2.00 bits per heavy atom. The zero-order valence-electron chi connectivity index (χ0n) is 10.2. The summed E-state index contributed by atoms with van der Waals surface area (Å²) >= 11 is 0. The van der Waals surface area contributed by atoms with Crippen LogP contribution in [-0.4, -0.2) is 31.8 Å². The zero-order valence-corrected chi connectivity index (χ0v) is 11.1. The van der Waals surface area contributed by atoms with E-state index in [9.17, 15) is 8.42 Å². The van der Waals surface area contributed by atoms with Crippen LogP contribution in [0.25, 0.3) is 0 Å². The monoisotopic (exact) mass is 281 g/mol. The van der Waals surface area contributed by atoms with Gasteiger partial charge in [-0.1, -0.05) is 18.2 Å². The van der Waals surface area contributed by atoms with Gasteiger partial charge in [0.25, 0.3) is 10.0 Å². The van der Waals surface area contributed by atoms with Gasteiger partial charge in [0, 0.05) is 6.54 Å². The van der Waals surface area contributed by atoms with Gasteiger partial charge < -0.3 is 4.74 Å². The molecule has 0 bridgehead atoms. The molecule has 1 aromatic carbocycles. The number of nitrogens with one attached hydrogen (secondary N) is 2. The minimum absolute atomic E-state index is 0.0662. The van der Waals surface area contributed by atoms with E-state index in [4.69, 9.17) is 4.74 Å². The van der Waals surface area contributed by atoms with Gasteiger partial charge in [-0.2, -0.15) is 5.10 Å². The molecule has 2 rings (SSSR count). The van der Waals surface area contributed by atoms with Crippen molar-refractivity contribution in [2.75, 3.05) is 13.2 Å². The first-order valence-corrected chi connectivity index (χ1v) is 7.34. The highest BCUT2D eigenvalue weighted by Crippen LogP contribution is 2.08. The van der Waals surface area contributed by atoms with Crippen LogP contribution in [0, 0.1) is 0 Å². The first-order chi connectivity index (χ1) is 9.18. The van der Waals surface area contributed by atoms with Crippen molar-refractivity contribution >= 4 is 10.0 Å². The van der Waals surface area contributed by atoms with Crippen LogP contribution in [-0.2, 0) is 10.0 Å². The summed E-state index contributed by atoms with van der Waals surface area (Å²) in [6.45, 7) is 0.768. The summed E-state index contributed by atoms with van der Waals surface area (Å²) in [6, 6.07) is 10.8. The Hall–Kier alpha value is -1.86. The fraction of sp³-hybridized carbons (Fsp3) is 0.250. The molecule has 1 aromatic heterocycles. The third-order valence-electron chi connectivity index (χ3n) is 2.39. The highest BCUT2D eigenvalue weighted by molar-refractivity contribution is 7.89. The first kappa shape index (κ1) is 13.6. The molecule has 0 fully saturated rings. The van der Waals surface area contributed by atoms with Crippen molar-refractivity contribution in [3.05, 3.63) is 42.6 Å². The maximum atomic E-state index is 11.7. The quantitative estimate of drug-likeness (QED) is 0.746. The van der Waals surface area contributed by atoms with Crippen LogP contribution >= 0.6 is 0 Å². The smallest absolute Gasteiger partial charge is 0.257 e. The molecule has 19 heavy (non-hydrogen) atoms. The number of H-pyrrole nitrogens is 1. The average Bonchev–Trinajstić information content (AvgIpc) is 2.94. The Morgan fingerprint density at radius 3 is 2.68 bits per heavy atom. The second-order valence-electron chi connectivity index (χ2n) is 3.83. The van der Waals surface area contributed by atoms with Crippen molar-refractivity contribution in [1.29, 1.82) is 0 Å². The Bertz CT molecular complexity index is 582. The van der Waals surface area contributed by atoms with E-state index in [2.05, 4.69) is 14.9 Å². The predicted octanol–water partition coefficient (Wildman–Crippen LogP) is 1.16. The van der Waals surface area contributed by atoms with E-state index >= 15 is 0 Å². The standard InChI is InChI=1S/C12H15N3O3S/c16-19(17,12-7-9-13-15-12)14-8-4-10-18-11-5-2-1-3-6-11/h1-3,5-7,9,14H,4,8,10H2,(H,13,15). The molecule has 6 nitrogen and oxygen atoms in total. The molecule has 0 aliphatic heterocycles. The van der Waals surface area contributed by atoms with Gasteiger partial charge in [-0.05, 0) is 24.6 Å². The van der Waals surface area contributed by atoms with Crippen LogP contribution in [0.3, 0.4) is 0 Å². The van der Waals surface area contributed by atoms with E-state index in [1.807, 2.05) is 30.3 Å².